The summed E-state index contributed by atoms with van der Waals surface area (Å²) >= 11 is 11.8. The molecular weight excluding hydrogens is 337 g/mol. The van der Waals surface area contributed by atoms with Gasteiger partial charge in [-0.1, -0.05) is 59.6 Å². The molecule has 0 aromatic heterocycles. The molecule has 6 heteroatoms. The molecule has 0 fully saturated rings. The van der Waals surface area contributed by atoms with Crippen molar-refractivity contribution in [3.05, 3.63) is 69.7 Å². The summed E-state index contributed by atoms with van der Waals surface area (Å²) in [5, 5.41) is 3.11. The van der Waals surface area contributed by atoms with Crippen molar-refractivity contribution < 1.29 is 14.3 Å². The van der Waals surface area contributed by atoms with Gasteiger partial charge in [0.25, 0.3) is 5.91 Å². The number of nitrogens with one attached hydrogen (secondary N) is 1. The first-order valence-electron chi connectivity index (χ1n) is 6.94. The predicted molar refractivity (Wildman–Crippen MR) is 89.7 cm³/mol. The zero-order valence-corrected chi connectivity index (χ0v) is 13.9. The lowest BCUT2D eigenvalue weighted by molar-refractivity contribution is -0.124. The Bertz CT molecular complexity index is 684. The van der Waals surface area contributed by atoms with Gasteiger partial charge in [0.05, 0.1) is 21.7 Å². The quantitative estimate of drug-likeness (QED) is 0.827. The van der Waals surface area contributed by atoms with Crippen LogP contribution in [0.3, 0.4) is 0 Å². The summed E-state index contributed by atoms with van der Waals surface area (Å²) < 4.78 is 4.97. The van der Waals surface area contributed by atoms with Gasteiger partial charge in [-0.3, -0.25) is 4.79 Å². The second-order valence-corrected chi connectivity index (χ2v) is 5.69. The Morgan fingerprint density at radius 1 is 1.04 bits per heavy atom. The highest BCUT2D eigenvalue weighted by Crippen LogP contribution is 2.24. The van der Waals surface area contributed by atoms with Crippen LogP contribution in [-0.2, 0) is 9.53 Å². The summed E-state index contributed by atoms with van der Waals surface area (Å²) in [4.78, 5) is 23.9. The Kier molecular flexibility index (Phi) is 6.02. The van der Waals surface area contributed by atoms with Crippen molar-refractivity contribution in [1.82, 2.24) is 5.32 Å². The highest BCUT2D eigenvalue weighted by Gasteiger charge is 2.18. The fraction of sp³-hybridized carbons (Fsp3) is 0.176. The number of hydrogen-bond donors (Lipinski definition) is 1. The molecule has 0 aliphatic rings. The monoisotopic (exact) mass is 351 g/mol. The van der Waals surface area contributed by atoms with Crippen LogP contribution in [-0.4, -0.2) is 18.5 Å². The lowest BCUT2D eigenvalue weighted by Gasteiger charge is -2.14. The first-order valence-corrected chi connectivity index (χ1v) is 7.70. The van der Waals surface area contributed by atoms with E-state index in [1.54, 1.807) is 6.07 Å². The van der Waals surface area contributed by atoms with E-state index in [4.69, 9.17) is 27.9 Å². The molecule has 1 N–H and O–H groups in total. The zero-order chi connectivity index (χ0) is 16.8. The van der Waals surface area contributed by atoms with Gasteiger partial charge in [0.15, 0.2) is 6.61 Å². The molecule has 120 valence electrons. The van der Waals surface area contributed by atoms with Gasteiger partial charge >= 0.3 is 5.97 Å². The minimum atomic E-state index is -0.733. The minimum Gasteiger partial charge on any atom is -0.452 e. The number of halogens is 2. The van der Waals surface area contributed by atoms with Gasteiger partial charge in [0, 0.05) is 0 Å². The van der Waals surface area contributed by atoms with Crippen LogP contribution in [0, 0.1) is 0 Å². The summed E-state index contributed by atoms with van der Waals surface area (Å²) in [6.45, 7) is 1.44. The maximum atomic E-state index is 12.0. The number of amides is 1. The SMILES string of the molecule is CC(NC(=O)COC(=O)c1c(Cl)cccc1Cl)c1ccccc1. The molecule has 0 heterocycles. The minimum absolute atomic E-state index is 0.0553. The second-order valence-electron chi connectivity index (χ2n) is 4.87. The summed E-state index contributed by atoms with van der Waals surface area (Å²) in [7, 11) is 0. The third kappa shape index (κ3) is 4.71. The van der Waals surface area contributed by atoms with E-state index in [2.05, 4.69) is 5.32 Å². The third-order valence-corrected chi connectivity index (χ3v) is 3.81. The summed E-state index contributed by atoms with van der Waals surface area (Å²) in [5.41, 5.74) is 1.01. The normalized spacial score (nSPS) is 11.6. The predicted octanol–water partition coefficient (Wildman–Crippen LogP) is 4.03. The Morgan fingerprint density at radius 3 is 2.26 bits per heavy atom. The van der Waals surface area contributed by atoms with Crippen LogP contribution in [0.4, 0.5) is 0 Å². The maximum absolute atomic E-state index is 12.0. The van der Waals surface area contributed by atoms with Crippen LogP contribution < -0.4 is 5.32 Å². The number of esters is 1. The zero-order valence-electron chi connectivity index (χ0n) is 12.4. The van der Waals surface area contributed by atoms with Gasteiger partial charge in [0.2, 0.25) is 0 Å². The first-order chi connectivity index (χ1) is 11.0. The van der Waals surface area contributed by atoms with Gasteiger partial charge in [-0.15, -0.1) is 0 Å². The van der Waals surface area contributed by atoms with E-state index in [1.165, 1.54) is 12.1 Å². The van der Waals surface area contributed by atoms with Crippen LogP contribution in [0.1, 0.15) is 28.9 Å². The van der Waals surface area contributed by atoms with Crippen LogP contribution in [0.2, 0.25) is 10.0 Å². The standard InChI is InChI=1S/C17H15Cl2NO3/c1-11(12-6-3-2-4-7-12)20-15(21)10-23-17(22)16-13(18)8-5-9-14(16)19/h2-9,11H,10H2,1H3,(H,20,21). The van der Waals surface area contributed by atoms with Gasteiger partial charge in [-0.05, 0) is 24.6 Å². The maximum Gasteiger partial charge on any atom is 0.341 e. The average Bonchev–Trinajstić information content (AvgIpc) is 2.53. The van der Waals surface area contributed by atoms with Gasteiger partial charge in [0.1, 0.15) is 0 Å². The highest BCUT2D eigenvalue weighted by molar-refractivity contribution is 6.39. The van der Waals surface area contributed by atoms with Crippen LogP contribution in [0.15, 0.2) is 48.5 Å². The first kappa shape index (κ1) is 17.3. The fourth-order valence-electron chi connectivity index (χ4n) is 2.00. The molecule has 0 saturated carbocycles. The molecule has 0 saturated heterocycles. The van der Waals surface area contributed by atoms with E-state index in [-0.39, 0.29) is 21.7 Å². The number of carbonyl (C=O) groups excluding carboxylic acids is 2. The Hall–Kier alpha value is -2.04. The molecule has 0 aliphatic heterocycles. The lowest BCUT2D eigenvalue weighted by Crippen LogP contribution is -2.31. The fourth-order valence-corrected chi connectivity index (χ4v) is 2.56. The molecule has 2 rings (SSSR count). The van der Waals surface area contributed by atoms with Crippen molar-refractivity contribution in [3.63, 3.8) is 0 Å². The molecule has 4 nitrogen and oxygen atoms in total. The molecule has 0 spiro atoms. The van der Waals surface area contributed by atoms with Crippen LogP contribution in [0.5, 0.6) is 0 Å². The number of ether oxygens (including phenoxy) is 1. The number of benzene rings is 2. The third-order valence-electron chi connectivity index (χ3n) is 3.18. The number of carbonyl (C=O) groups is 2. The highest BCUT2D eigenvalue weighted by atomic mass is 35.5. The van der Waals surface area contributed by atoms with Crippen molar-refractivity contribution in [2.45, 2.75) is 13.0 Å². The van der Waals surface area contributed by atoms with E-state index < -0.39 is 18.5 Å². The Morgan fingerprint density at radius 2 is 1.65 bits per heavy atom. The van der Waals surface area contributed by atoms with E-state index in [9.17, 15) is 9.59 Å². The van der Waals surface area contributed by atoms with Crippen molar-refractivity contribution in [1.29, 1.82) is 0 Å². The summed E-state index contributed by atoms with van der Waals surface area (Å²) in [6, 6.07) is 14.0. The average molecular weight is 352 g/mol. The van der Waals surface area contributed by atoms with Crippen molar-refractivity contribution >= 4 is 35.1 Å². The second kappa shape index (κ2) is 7.99. The summed E-state index contributed by atoms with van der Waals surface area (Å²) in [5.74, 6) is -1.14. The van der Waals surface area contributed by atoms with Crippen molar-refractivity contribution in [2.24, 2.45) is 0 Å². The number of hydrogen-bond acceptors (Lipinski definition) is 3. The molecule has 0 bridgehead atoms. The molecule has 0 radical (unpaired) electrons. The largest absolute Gasteiger partial charge is 0.452 e. The van der Waals surface area contributed by atoms with Crippen molar-refractivity contribution in [2.75, 3.05) is 6.61 Å². The molecule has 23 heavy (non-hydrogen) atoms. The lowest BCUT2D eigenvalue weighted by atomic mass is 10.1. The molecular formula is C17H15Cl2NO3. The van der Waals surface area contributed by atoms with Gasteiger partial charge in [-0.25, -0.2) is 4.79 Å². The van der Waals surface area contributed by atoms with E-state index >= 15 is 0 Å². The van der Waals surface area contributed by atoms with E-state index in [1.807, 2.05) is 37.3 Å². The van der Waals surface area contributed by atoms with Crippen molar-refractivity contribution in [3.8, 4) is 0 Å². The van der Waals surface area contributed by atoms with Crippen LogP contribution >= 0.6 is 23.2 Å². The van der Waals surface area contributed by atoms with Gasteiger partial charge < -0.3 is 10.1 Å². The van der Waals surface area contributed by atoms with E-state index in [0.29, 0.717) is 0 Å². The molecule has 0 aliphatic carbocycles. The Labute approximate surface area is 144 Å². The van der Waals surface area contributed by atoms with Crippen LogP contribution in [0.25, 0.3) is 0 Å². The molecule has 1 amide bonds. The molecule has 2 aromatic rings. The molecule has 1 atom stereocenters. The topological polar surface area (TPSA) is 55.4 Å². The van der Waals surface area contributed by atoms with Gasteiger partial charge in [-0.2, -0.15) is 0 Å². The smallest absolute Gasteiger partial charge is 0.341 e. The molecule has 1 unspecified atom stereocenters. The summed E-state index contributed by atoms with van der Waals surface area (Å²) in [6.07, 6.45) is 0. The Balaban J connectivity index is 1.91. The molecule has 2 aromatic carbocycles. The number of rotatable bonds is 5. The van der Waals surface area contributed by atoms with E-state index in [0.717, 1.165) is 5.56 Å².